The molecule has 0 radical (unpaired) electrons. The second-order valence-corrected chi connectivity index (χ2v) is 4.29. The summed E-state index contributed by atoms with van der Waals surface area (Å²) in [5.74, 6) is 0.483. The molecular formula is C13H16N4O. The molecule has 0 spiro atoms. The molecular weight excluding hydrogens is 228 g/mol. The molecule has 1 aromatic carbocycles. The number of anilines is 2. The highest BCUT2D eigenvalue weighted by atomic mass is 16.1. The van der Waals surface area contributed by atoms with Crippen molar-refractivity contribution < 1.29 is 4.79 Å². The normalized spacial score (nSPS) is 10.3. The Hall–Kier alpha value is -2.30. The lowest BCUT2D eigenvalue weighted by Gasteiger charge is -2.04. The molecule has 1 heterocycles. The summed E-state index contributed by atoms with van der Waals surface area (Å²) in [4.78, 5) is 11.8. The van der Waals surface area contributed by atoms with E-state index in [9.17, 15) is 4.79 Å². The van der Waals surface area contributed by atoms with Gasteiger partial charge >= 0.3 is 0 Å². The minimum absolute atomic E-state index is 0.102. The number of nitrogen functional groups attached to an aromatic ring is 1. The molecule has 5 heteroatoms. The molecule has 1 amide bonds. The van der Waals surface area contributed by atoms with Crippen LogP contribution in [0, 0.1) is 13.8 Å². The highest BCUT2D eigenvalue weighted by Crippen LogP contribution is 2.14. The van der Waals surface area contributed by atoms with Gasteiger partial charge in [-0.3, -0.25) is 9.89 Å². The molecule has 0 aliphatic rings. The van der Waals surface area contributed by atoms with Crippen LogP contribution in [0.1, 0.15) is 16.8 Å². The Bertz CT molecular complexity index is 574. The number of hydrogen-bond donors (Lipinski definition) is 3. The fourth-order valence-electron chi connectivity index (χ4n) is 1.67. The topological polar surface area (TPSA) is 83.8 Å². The van der Waals surface area contributed by atoms with Crippen molar-refractivity contribution in [1.82, 2.24) is 10.2 Å². The van der Waals surface area contributed by atoms with Gasteiger partial charge in [-0.15, -0.1) is 0 Å². The van der Waals surface area contributed by atoms with E-state index in [0.29, 0.717) is 11.5 Å². The van der Waals surface area contributed by atoms with Crippen LogP contribution in [0.3, 0.4) is 0 Å². The highest BCUT2D eigenvalue weighted by molar-refractivity contribution is 5.92. The number of nitrogens with two attached hydrogens (primary N) is 1. The van der Waals surface area contributed by atoms with Crippen molar-refractivity contribution in [3.63, 3.8) is 0 Å². The Morgan fingerprint density at radius 2 is 2.22 bits per heavy atom. The number of aromatic nitrogens is 2. The fourth-order valence-corrected chi connectivity index (χ4v) is 1.67. The summed E-state index contributed by atoms with van der Waals surface area (Å²) in [6.07, 6.45) is 0.288. The van der Waals surface area contributed by atoms with Crippen LogP contribution in [0.4, 0.5) is 11.5 Å². The van der Waals surface area contributed by atoms with Crippen LogP contribution in [0.2, 0.25) is 0 Å². The van der Waals surface area contributed by atoms with E-state index >= 15 is 0 Å². The van der Waals surface area contributed by atoms with Crippen molar-refractivity contribution in [1.29, 1.82) is 0 Å². The smallest absolute Gasteiger partial charge is 0.230 e. The van der Waals surface area contributed by atoms with Gasteiger partial charge in [0.25, 0.3) is 0 Å². The number of carbonyl (C=O) groups excluding carboxylic acids is 1. The number of nitrogens with zero attached hydrogens (tertiary/aromatic N) is 1. The molecule has 0 saturated heterocycles. The van der Waals surface area contributed by atoms with Gasteiger partial charge < -0.3 is 11.1 Å². The molecule has 1 aromatic heterocycles. The first kappa shape index (κ1) is 12.2. The second kappa shape index (κ2) is 4.91. The number of aryl methyl sites for hydroxylation is 1. The molecule has 94 valence electrons. The SMILES string of the molecule is Cc1[nH]nc(NC(=O)Cc2cccc(N)c2)c1C. The fraction of sp³-hybridized carbons (Fsp3) is 0.231. The standard InChI is InChI=1S/C13H16N4O/c1-8-9(2)16-17-13(8)15-12(18)7-10-4-3-5-11(14)6-10/h3-6H,7,14H2,1-2H3,(H2,15,16,17,18). The number of benzene rings is 1. The lowest BCUT2D eigenvalue weighted by atomic mass is 10.1. The number of hydrogen-bond acceptors (Lipinski definition) is 3. The zero-order valence-electron chi connectivity index (χ0n) is 10.4. The van der Waals surface area contributed by atoms with Gasteiger partial charge in [-0.05, 0) is 31.5 Å². The van der Waals surface area contributed by atoms with E-state index in [-0.39, 0.29) is 12.3 Å². The van der Waals surface area contributed by atoms with Crippen LogP contribution in [-0.4, -0.2) is 16.1 Å². The summed E-state index contributed by atoms with van der Waals surface area (Å²) in [6.45, 7) is 3.82. The lowest BCUT2D eigenvalue weighted by Crippen LogP contribution is -2.15. The largest absolute Gasteiger partial charge is 0.399 e. The summed E-state index contributed by atoms with van der Waals surface area (Å²) in [5, 5.41) is 9.64. The lowest BCUT2D eigenvalue weighted by molar-refractivity contribution is -0.115. The van der Waals surface area contributed by atoms with E-state index in [4.69, 9.17) is 5.73 Å². The molecule has 0 aliphatic heterocycles. The van der Waals surface area contributed by atoms with Crippen LogP contribution >= 0.6 is 0 Å². The predicted octanol–water partition coefficient (Wildman–Crippen LogP) is 1.79. The van der Waals surface area contributed by atoms with Crippen LogP contribution in [0.25, 0.3) is 0 Å². The van der Waals surface area contributed by atoms with Crippen LogP contribution in [0.15, 0.2) is 24.3 Å². The number of amides is 1. The Labute approximate surface area is 105 Å². The van der Waals surface area contributed by atoms with Gasteiger partial charge in [0, 0.05) is 16.9 Å². The van der Waals surface area contributed by atoms with Crippen molar-refractivity contribution in [2.24, 2.45) is 0 Å². The zero-order valence-corrected chi connectivity index (χ0v) is 10.4. The van der Waals surface area contributed by atoms with Crippen molar-refractivity contribution in [3.05, 3.63) is 41.1 Å². The Morgan fingerprint density at radius 1 is 1.44 bits per heavy atom. The third-order valence-electron chi connectivity index (χ3n) is 2.83. The third-order valence-corrected chi connectivity index (χ3v) is 2.83. The van der Waals surface area contributed by atoms with Crippen LogP contribution in [-0.2, 0) is 11.2 Å². The first-order valence-electron chi connectivity index (χ1n) is 5.72. The molecule has 4 N–H and O–H groups in total. The predicted molar refractivity (Wildman–Crippen MR) is 71.2 cm³/mol. The Morgan fingerprint density at radius 3 is 2.83 bits per heavy atom. The molecule has 0 bridgehead atoms. The number of carbonyl (C=O) groups is 1. The summed E-state index contributed by atoms with van der Waals surface area (Å²) in [5.41, 5.74) is 9.12. The molecule has 0 aliphatic carbocycles. The maximum Gasteiger partial charge on any atom is 0.230 e. The summed E-state index contributed by atoms with van der Waals surface area (Å²) in [6, 6.07) is 7.30. The van der Waals surface area contributed by atoms with Crippen LogP contribution in [0.5, 0.6) is 0 Å². The highest BCUT2D eigenvalue weighted by Gasteiger charge is 2.09. The van der Waals surface area contributed by atoms with Crippen molar-refractivity contribution in [2.45, 2.75) is 20.3 Å². The monoisotopic (exact) mass is 244 g/mol. The van der Waals surface area contributed by atoms with Gasteiger partial charge in [0.2, 0.25) is 5.91 Å². The molecule has 18 heavy (non-hydrogen) atoms. The van der Waals surface area contributed by atoms with E-state index in [0.717, 1.165) is 16.8 Å². The maximum atomic E-state index is 11.8. The number of aromatic amines is 1. The molecule has 5 nitrogen and oxygen atoms in total. The Kier molecular flexibility index (Phi) is 3.32. The number of H-pyrrole nitrogens is 1. The average Bonchev–Trinajstić information content (AvgIpc) is 2.61. The van der Waals surface area contributed by atoms with Crippen LogP contribution < -0.4 is 11.1 Å². The summed E-state index contributed by atoms with van der Waals surface area (Å²) < 4.78 is 0. The molecule has 0 atom stereocenters. The minimum Gasteiger partial charge on any atom is -0.399 e. The third kappa shape index (κ3) is 2.68. The Balaban J connectivity index is 2.03. The summed E-state index contributed by atoms with van der Waals surface area (Å²) in [7, 11) is 0. The van der Waals surface area contributed by atoms with Crippen molar-refractivity contribution in [3.8, 4) is 0 Å². The average molecular weight is 244 g/mol. The number of nitrogens with one attached hydrogen (secondary N) is 2. The second-order valence-electron chi connectivity index (χ2n) is 4.29. The van der Waals surface area contributed by atoms with E-state index in [1.807, 2.05) is 26.0 Å². The van der Waals surface area contributed by atoms with Crippen molar-refractivity contribution in [2.75, 3.05) is 11.1 Å². The van der Waals surface area contributed by atoms with E-state index in [1.54, 1.807) is 12.1 Å². The number of rotatable bonds is 3. The first-order valence-corrected chi connectivity index (χ1v) is 5.72. The zero-order chi connectivity index (χ0) is 13.1. The van der Waals surface area contributed by atoms with E-state index < -0.39 is 0 Å². The minimum atomic E-state index is -0.102. The van der Waals surface area contributed by atoms with Gasteiger partial charge in [-0.1, -0.05) is 12.1 Å². The van der Waals surface area contributed by atoms with Crippen molar-refractivity contribution >= 4 is 17.4 Å². The van der Waals surface area contributed by atoms with E-state index in [1.165, 1.54) is 0 Å². The van der Waals surface area contributed by atoms with Gasteiger partial charge in [-0.2, -0.15) is 5.10 Å². The van der Waals surface area contributed by atoms with Gasteiger partial charge in [-0.25, -0.2) is 0 Å². The van der Waals surface area contributed by atoms with Gasteiger partial charge in [0.15, 0.2) is 5.82 Å². The molecule has 0 saturated carbocycles. The molecule has 0 unspecified atom stereocenters. The van der Waals surface area contributed by atoms with Gasteiger partial charge in [0.05, 0.1) is 6.42 Å². The molecule has 2 aromatic rings. The molecule has 2 rings (SSSR count). The quantitative estimate of drug-likeness (QED) is 0.720. The molecule has 0 fully saturated rings. The summed E-state index contributed by atoms with van der Waals surface area (Å²) >= 11 is 0. The first-order chi connectivity index (χ1) is 8.56. The maximum absolute atomic E-state index is 11.8. The van der Waals surface area contributed by atoms with E-state index in [2.05, 4.69) is 15.5 Å². The van der Waals surface area contributed by atoms with Gasteiger partial charge in [0.1, 0.15) is 0 Å².